The molecule has 1 saturated heterocycles. The normalized spacial score (nSPS) is 13.4. The van der Waals surface area contributed by atoms with Crippen molar-refractivity contribution in [1.82, 2.24) is 20.1 Å². The van der Waals surface area contributed by atoms with E-state index in [4.69, 9.17) is 0 Å². The van der Waals surface area contributed by atoms with Crippen LogP contribution < -0.4 is 10.6 Å². The molecule has 0 radical (unpaired) electrons. The van der Waals surface area contributed by atoms with Gasteiger partial charge in [-0.1, -0.05) is 6.92 Å². The molecule has 1 aliphatic rings. The lowest BCUT2D eigenvalue weighted by atomic mass is 9.98. The van der Waals surface area contributed by atoms with Crippen molar-refractivity contribution in [3.63, 3.8) is 0 Å². The molecule has 154 valence electrons. The number of anilines is 2. The number of hydrogen-bond acceptors (Lipinski definition) is 5. The van der Waals surface area contributed by atoms with E-state index >= 15 is 0 Å². The lowest BCUT2D eigenvalue weighted by molar-refractivity contribution is 0.209. The fourth-order valence-corrected chi connectivity index (χ4v) is 3.69. The van der Waals surface area contributed by atoms with Gasteiger partial charge >= 0.3 is 12.1 Å². The molecule has 1 fully saturated rings. The monoisotopic (exact) mass is 406 g/mol. The van der Waals surface area contributed by atoms with Crippen molar-refractivity contribution < 1.29 is 14.7 Å². The fraction of sp³-hybridized carbons (Fsp3) is 0.286. The van der Waals surface area contributed by atoms with Gasteiger partial charge in [0.05, 0.1) is 5.69 Å². The number of urea groups is 1. The van der Waals surface area contributed by atoms with E-state index in [1.54, 1.807) is 29.4 Å². The highest BCUT2D eigenvalue weighted by molar-refractivity contribution is 6.01. The number of carbonyl (C=O) groups is 2. The number of pyridine rings is 1. The number of aryl methyl sites for hydroxylation is 1. The molecular weight excluding hydrogens is 384 g/mol. The summed E-state index contributed by atoms with van der Waals surface area (Å²) in [5.74, 6) is 0.319. The molecule has 0 atom stereocenters. The van der Waals surface area contributed by atoms with E-state index < -0.39 is 6.09 Å². The number of hydrogen-bond donors (Lipinski definition) is 3. The van der Waals surface area contributed by atoms with Crippen LogP contribution in [0.15, 0.2) is 36.7 Å². The summed E-state index contributed by atoms with van der Waals surface area (Å²) in [6, 6.07) is 7.06. The zero-order valence-corrected chi connectivity index (χ0v) is 16.6. The number of nitrogens with one attached hydrogen (secondary N) is 2. The first-order valence-corrected chi connectivity index (χ1v) is 9.85. The number of benzene rings is 1. The van der Waals surface area contributed by atoms with Crippen LogP contribution in [0.4, 0.5) is 21.1 Å². The summed E-state index contributed by atoms with van der Waals surface area (Å²) in [5, 5.41) is 23.3. The minimum Gasteiger partial charge on any atom is -0.465 e. The van der Waals surface area contributed by atoms with Crippen LogP contribution in [0.25, 0.3) is 22.0 Å². The molecule has 9 heteroatoms. The Kier molecular flexibility index (Phi) is 5.42. The molecule has 1 aliphatic heterocycles. The van der Waals surface area contributed by atoms with Crippen molar-refractivity contribution in [2.45, 2.75) is 26.2 Å². The number of carboxylic acid groups (broad SMARTS) is 1. The molecular formula is C21H22N6O3. The smallest absolute Gasteiger partial charge is 0.409 e. The predicted octanol–water partition coefficient (Wildman–Crippen LogP) is 3.97. The molecule has 4 rings (SSSR count). The van der Waals surface area contributed by atoms with Crippen LogP contribution in [-0.4, -0.2) is 50.4 Å². The molecule has 0 saturated carbocycles. The highest BCUT2D eigenvalue weighted by atomic mass is 16.4. The summed E-state index contributed by atoms with van der Waals surface area (Å²) in [6.45, 7) is 3.50. The van der Waals surface area contributed by atoms with Crippen molar-refractivity contribution in [2.75, 3.05) is 23.7 Å². The average Bonchev–Trinajstić information content (AvgIpc) is 3.28. The molecule has 0 unspecified atom stereocenters. The number of aromatic nitrogens is 3. The molecule has 9 nitrogen and oxygen atoms in total. The van der Waals surface area contributed by atoms with Gasteiger partial charge in [-0.3, -0.25) is 15.6 Å². The maximum absolute atomic E-state index is 12.4. The van der Waals surface area contributed by atoms with Gasteiger partial charge in [-0.25, -0.2) is 9.59 Å². The fourth-order valence-electron chi connectivity index (χ4n) is 3.69. The van der Waals surface area contributed by atoms with E-state index in [2.05, 4.69) is 25.8 Å². The first-order chi connectivity index (χ1) is 14.5. The molecule has 0 spiro atoms. The summed E-state index contributed by atoms with van der Waals surface area (Å²) < 4.78 is 0. The largest absolute Gasteiger partial charge is 0.465 e. The van der Waals surface area contributed by atoms with Crippen LogP contribution in [0.5, 0.6) is 0 Å². The molecule has 3 heterocycles. The Hall–Kier alpha value is -3.75. The second-order valence-electron chi connectivity index (χ2n) is 7.13. The molecule has 30 heavy (non-hydrogen) atoms. The van der Waals surface area contributed by atoms with Crippen molar-refractivity contribution >= 4 is 34.5 Å². The van der Waals surface area contributed by atoms with Gasteiger partial charge in [-0.05, 0) is 54.7 Å². The molecule has 3 aromatic rings. The number of amides is 3. The summed E-state index contributed by atoms with van der Waals surface area (Å²) >= 11 is 0. The Morgan fingerprint density at radius 3 is 2.67 bits per heavy atom. The van der Waals surface area contributed by atoms with Crippen molar-refractivity contribution in [1.29, 1.82) is 0 Å². The summed E-state index contributed by atoms with van der Waals surface area (Å²) in [4.78, 5) is 29.6. The number of likely N-dealkylation sites (tertiary alicyclic amines) is 1. The number of nitrogens with zero attached hydrogens (tertiary/aromatic N) is 4. The number of rotatable bonds is 4. The highest BCUT2D eigenvalue weighted by Crippen LogP contribution is 2.32. The standard InChI is InChI=1S/C21H22N6O3/c1-2-13-5-6-22-12-16(13)14-9-15-11-18(24-20(28)27-7-3-4-8-27)25-26-19(15)17(10-14)23-21(29)30/h5-6,9-12,23H,2-4,7-8H2,1H3,(H,29,30)(H,24,25,28). The topological polar surface area (TPSA) is 120 Å². The Bertz CT molecular complexity index is 1110. The third-order valence-electron chi connectivity index (χ3n) is 5.16. The van der Waals surface area contributed by atoms with Crippen molar-refractivity contribution in [3.05, 3.63) is 42.2 Å². The van der Waals surface area contributed by atoms with E-state index in [0.717, 1.165) is 49.0 Å². The third-order valence-corrected chi connectivity index (χ3v) is 5.16. The van der Waals surface area contributed by atoms with Gasteiger partial charge < -0.3 is 10.0 Å². The minimum atomic E-state index is -1.19. The first-order valence-electron chi connectivity index (χ1n) is 9.85. The number of carbonyl (C=O) groups excluding carboxylic acids is 1. The van der Waals surface area contributed by atoms with E-state index in [1.165, 1.54) is 0 Å². The summed E-state index contributed by atoms with van der Waals surface area (Å²) in [7, 11) is 0. The Morgan fingerprint density at radius 1 is 1.13 bits per heavy atom. The van der Waals surface area contributed by atoms with E-state index in [1.807, 2.05) is 19.1 Å². The van der Waals surface area contributed by atoms with Crippen LogP contribution >= 0.6 is 0 Å². The van der Waals surface area contributed by atoms with Gasteiger partial charge in [0.25, 0.3) is 0 Å². The zero-order chi connectivity index (χ0) is 21.1. The second-order valence-corrected chi connectivity index (χ2v) is 7.13. The SMILES string of the molecule is CCc1ccncc1-c1cc(NC(=O)O)c2nnc(NC(=O)N3CCCC3)cc2c1. The van der Waals surface area contributed by atoms with E-state index in [9.17, 15) is 14.7 Å². The van der Waals surface area contributed by atoms with Gasteiger partial charge in [-0.2, -0.15) is 0 Å². The van der Waals surface area contributed by atoms with Crippen LogP contribution in [0.1, 0.15) is 25.3 Å². The second kappa shape index (κ2) is 8.32. The summed E-state index contributed by atoms with van der Waals surface area (Å²) in [5.41, 5.74) is 3.54. The van der Waals surface area contributed by atoms with Crippen molar-refractivity contribution in [3.8, 4) is 11.1 Å². The zero-order valence-electron chi connectivity index (χ0n) is 16.6. The van der Waals surface area contributed by atoms with Crippen LogP contribution in [-0.2, 0) is 6.42 Å². The first kappa shape index (κ1) is 19.6. The van der Waals surface area contributed by atoms with Crippen LogP contribution in [0, 0.1) is 0 Å². The minimum absolute atomic E-state index is 0.207. The Morgan fingerprint density at radius 2 is 1.93 bits per heavy atom. The third kappa shape index (κ3) is 4.00. The predicted molar refractivity (Wildman–Crippen MR) is 114 cm³/mol. The average molecular weight is 406 g/mol. The molecule has 0 aliphatic carbocycles. The van der Waals surface area contributed by atoms with Gasteiger partial charge in [0.2, 0.25) is 0 Å². The van der Waals surface area contributed by atoms with Crippen LogP contribution in [0.3, 0.4) is 0 Å². The van der Waals surface area contributed by atoms with Gasteiger partial charge in [-0.15, -0.1) is 10.2 Å². The Balaban J connectivity index is 1.77. The quantitative estimate of drug-likeness (QED) is 0.603. The summed E-state index contributed by atoms with van der Waals surface area (Å²) in [6.07, 6.45) is 5.10. The molecule has 3 amide bonds. The van der Waals surface area contributed by atoms with E-state index in [0.29, 0.717) is 22.4 Å². The maximum atomic E-state index is 12.4. The van der Waals surface area contributed by atoms with E-state index in [-0.39, 0.29) is 6.03 Å². The van der Waals surface area contributed by atoms with Gasteiger partial charge in [0.15, 0.2) is 5.82 Å². The molecule has 2 aromatic heterocycles. The van der Waals surface area contributed by atoms with Gasteiger partial charge in [0, 0.05) is 36.4 Å². The Labute approximate surface area is 173 Å². The maximum Gasteiger partial charge on any atom is 0.409 e. The highest BCUT2D eigenvalue weighted by Gasteiger charge is 2.19. The lowest BCUT2D eigenvalue weighted by Crippen LogP contribution is -2.32. The van der Waals surface area contributed by atoms with Crippen molar-refractivity contribution in [2.24, 2.45) is 0 Å². The van der Waals surface area contributed by atoms with Gasteiger partial charge in [0.1, 0.15) is 5.52 Å². The van der Waals surface area contributed by atoms with Crippen LogP contribution in [0.2, 0.25) is 0 Å². The molecule has 0 bridgehead atoms. The lowest BCUT2D eigenvalue weighted by Gasteiger charge is -2.16. The number of fused-ring (bicyclic) bond motifs is 1. The molecule has 3 N–H and O–H groups in total. The molecule has 1 aromatic carbocycles.